The number of benzene rings is 1. The van der Waals surface area contributed by atoms with Gasteiger partial charge in [0.2, 0.25) is 0 Å². The third kappa shape index (κ3) is 2.96. The maximum Gasteiger partial charge on any atom is 0.416 e. The Bertz CT molecular complexity index is 615. The highest BCUT2D eigenvalue weighted by atomic mass is 19.4. The Morgan fingerprint density at radius 1 is 1.26 bits per heavy atom. The predicted octanol–water partition coefficient (Wildman–Crippen LogP) is 3.75. The van der Waals surface area contributed by atoms with E-state index in [1.54, 1.807) is 13.0 Å². The summed E-state index contributed by atoms with van der Waals surface area (Å²) in [4.78, 5) is 0. The summed E-state index contributed by atoms with van der Waals surface area (Å²) in [5, 5.41) is 3.69. The van der Waals surface area contributed by atoms with Gasteiger partial charge in [0.15, 0.2) is 5.76 Å². The van der Waals surface area contributed by atoms with Gasteiger partial charge in [-0.15, -0.1) is 0 Å². The predicted molar refractivity (Wildman–Crippen MR) is 66.0 cm³/mol. The van der Waals surface area contributed by atoms with Crippen molar-refractivity contribution in [3.05, 3.63) is 46.8 Å². The molecule has 2 rings (SSSR count). The van der Waals surface area contributed by atoms with E-state index in [0.717, 1.165) is 12.1 Å². The van der Waals surface area contributed by atoms with Crippen molar-refractivity contribution in [3.63, 3.8) is 0 Å². The number of aryl methyl sites for hydroxylation is 1. The summed E-state index contributed by atoms with van der Waals surface area (Å²) in [5.74, 6) is 0.476. The zero-order valence-electron chi connectivity index (χ0n) is 10.0. The van der Waals surface area contributed by atoms with E-state index in [-0.39, 0.29) is 0 Å². The van der Waals surface area contributed by atoms with E-state index in [9.17, 15) is 13.2 Å². The third-order valence-electron chi connectivity index (χ3n) is 2.58. The summed E-state index contributed by atoms with van der Waals surface area (Å²) in [7, 11) is 0. The zero-order chi connectivity index (χ0) is 14.0. The lowest BCUT2D eigenvalue weighted by Crippen LogP contribution is -2.04. The van der Waals surface area contributed by atoms with Crippen molar-refractivity contribution >= 4 is 17.8 Å². The van der Waals surface area contributed by atoms with Gasteiger partial charge in [0, 0.05) is 0 Å². The Kier molecular flexibility index (Phi) is 3.33. The van der Waals surface area contributed by atoms with Crippen molar-refractivity contribution in [3.8, 4) is 0 Å². The number of rotatable bonds is 2. The molecule has 0 fully saturated rings. The number of halogens is 3. The molecule has 19 heavy (non-hydrogen) atoms. The Balaban J connectivity index is 2.27. The molecule has 0 aliphatic heterocycles. The van der Waals surface area contributed by atoms with Crippen LogP contribution in [0, 0.1) is 6.92 Å². The van der Waals surface area contributed by atoms with E-state index >= 15 is 0 Å². The summed E-state index contributed by atoms with van der Waals surface area (Å²) in [6.07, 6.45) is -1.34. The van der Waals surface area contributed by atoms with E-state index in [1.165, 1.54) is 18.2 Å². The highest BCUT2D eigenvalue weighted by molar-refractivity contribution is 5.74. The second-order valence-electron chi connectivity index (χ2n) is 3.99. The number of hydrogen-bond acceptors (Lipinski definition) is 3. The van der Waals surface area contributed by atoms with Crippen molar-refractivity contribution in [1.29, 1.82) is 0 Å². The van der Waals surface area contributed by atoms with Crippen LogP contribution in [-0.4, -0.2) is 5.16 Å². The second kappa shape index (κ2) is 4.79. The van der Waals surface area contributed by atoms with Gasteiger partial charge in [0.05, 0.1) is 5.56 Å². The van der Waals surface area contributed by atoms with Gasteiger partial charge in [0.25, 0.3) is 0 Å². The minimum atomic E-state index is -4.35. The van der Waals surface area contributed by atoms with Crippen molar-refractivity contribution in [2.24, 2.45) is 0 Å². The Hall–Kier alpha value is -2.24. The largest absolute Gasteiger partial charge is 0.416 e. The first-order valence-electron chi connectivity index (χ1n) is 5.45. The molecule has 1 heterocycles. The molecular formula is C13H11F3N2O. The minimum absolute atomic E-state index is 0.378. The molecule has 6 heteroatoms. The first kappa shape index (κ1) is 13.2. The monoisotopic (exact) mass is 268 g/mol. The smallest absolute Gasteiger partial charge is 0.394 e. The highest BCUT2D eigenvalue weighted by Crippen LogP contribution is 2.30. The maximum absolute atomic E-state index is 12.5. The highest BCUT2D eigenvalue weighted by Gasteiger charge is 2.30. The van der Waals surface area contributed by atoms with Crippen LogP contribution in [0.5, 0.6) is 0 Å². The molecule has 0 saturated carbocycles. The molecule has 1 aromatic heterocycles. The average Bonchev–Trinajstić information content (AvgIpc) is 2.67. The van der Waals surface area contributed by atoms with Crippen molar-refractivity contribution in [1.82, 2.24) is 5.16 Å². The van der Waals surface area contributed by atoms with Gasteiger partial charge >= 0.3 is 6.18 Å². The number of alkyl halides is 3. The molecule has 2 N–H and O–H groups in total. The molecule has 0 unspecified atom stereocenters. The van der Waals surface area contributed by atoms with E-state index in [4.69, 9.17) is 10.3 Å². The van der Waals surface area contributed by atoms with Crippen LogP contribution in [0.3, 0.4) is 0 Å². The van der Waals surface area contributed by atoms with Crippen molar-refractivity contribution in [2.45, 2.75) is 13.1 Å². The molecule has 0 bridgehead atoms. The van der Waals surface area contributed by atoms with Gasteiger partial charge in [-0.05, 0) is 30.7 Å². The number of nitrogens with zero attached hydrogens (tertiary/aromatic N) is 1. The number of nitrogens with two attached hydrogens (primary N) is 1. The van der Waals surface area contributed by atoms with Crippen LogP contribution in [0.2, 0.25) is 0 Å². The Morgan fingerprint density at radius 3 is 2.58 bits per heavy atom. The number of anilines is 1. The quantitative estimate of drug-likeness (QED) is 0.902. The van der Waals surface area contributed by atoms with Crippen LogP contribution in [0.1, 0.15) is 22.6 Å². The van der Waals surface area contributed by atoms with E-state index in [1.807, 2.05) is 0 Å². The Morgan fingerprint density at radius 2 is 2.00 bits per heavy atom. The van der Waals surface area contributed by atoms with E-state index < -0.39 is 11.7 Å². The fraction of sp³-hybridized carbons (Fsp3) is 0.154. The molecule has 1 aromatic carbocycles. The fourth-order valence-electron chi connectivity index (χ4n) is 1.51. The van der Waals surface area contributed by atoms with Crippen LogP contribution < -0.4 is 5.73 Å². The van der Waals surface area contributed by atoms with Crippen molar-refractivity contribution in [2.75, 3.05) is 5.73 Å². The van der Waals surface area contributed by atoms with Crippen LogP contribution in [-0.2, 0) is 6.18 Å². The normalized spacial score (nSPS) is 12.2. The van der Waals surface area contributed by atoms with Crippen LogP contribution in [0.4, 0.5) is 18.9 Å². The van der Waals surface area contributed by atoms with Gasteiger partial charge in [-0.2, -0.15) is 13.2 Å². The summed E-state index contributed by atoms with van der Waals surface area (Å²) in [6, 6.07) is 4.99. The molecule has 0 aliphatic rings. The summed E-state index contributed by atoms with van der Waals surface area (Å²) < 4.78 is 42.4. The summed E-state index contributed by atoms with van der Waals surface area (Å²) in [5.41, 5.74) is 6.17. The number of nitrogen functional groups attached to an aromatic ring is 1. The average molecular weight is 268 g/mol. The minimum Gasteiger partial charge on any atom is -0.394 e. The first-order chi connectivity index (χ1) is 8.88. The van der Waals surface area contributed by atoms with Crippen LogP contribution in [0.25, 0.3) is 12.2 Å². The molecular weight excluding hydrogens is 257 g/mol. The molecule has 0 saturated heterocycles. The van der Waals surface area contributed by atoms with E-state index in [0.29, 0.717) is 22.7 Å². The van der Waals surface area contributed by atoms with Crippen LogP contribution in [0.15, 0.2) is 28.8 Å². The van der Waals surface area contributed by atoms with Gasteiger partial charge in [-0.3, -0.25) is 0 Å². The standard InChI is InChI=1S/C13H11F3N2O/c1-8-12(17)11(18-19-8)6-5-9-3-2-4-10(7-9)13(14,15)16/h2-7H,17H2,1H3. The zero-order valence-corrected chi connectivity index (χ0v) is 10.0. The third-order valence-corrected chi connectivity index (χ3v) is 2.58. The lowest BCUT2D eigenvalue weighted by atomic mass is 10.1. The summed E-state index contributed by atoms with van der Waals surface area (Å²) >= 11 is 0. The fourth-order valence-corrected chi connectivity index (χ4v) is 1.51. The molecule has 3 nitrogen and oxygen atoms in total. The van der Waals surface area contributed by atoms with Crippen molar-refractivity contribution < 1.29 is 17.7 Å². The maximum atomic E-state index is 12.5. The topological polar surface area (TPSA) is 52.0 Å². The second-order valence-corrected chi connectivity index (χ2v) is 3.99. The molecule has 100 valence electrons. The molecule has 0 amide bonds. The van der Waals surface area contributed by atoms with Gasteiger partial charge < -0.3 is 10.3 Å². The lowest BCUT2D eigenvalue weighted by molar-refractivity contribution is -0.137. The molecule has 2 aromatic rings. The molecule has 0 atom stereocenters. The Labute approximate surface area is 107 Å². The number of aromatic nitrogens is 1. The summed E-state index contributed by atoms with van der Waals surface area (Å²) in [6.45, 7) is 1.66. The van der Waals surface area contributed by atoms with Crippen LogP contribution >= 0.6 is 0 Å². The van der Waals surface area contributed by atoms with Gasteiger partial charge in [-0.1, -0.05) is 23.4 Å². The van der Waals surface area contributed by atoms with E-state index in [2.05, 4.69) is 5.16 Å². The first-order valence-corrected chi connectivity index (χ1v) is 5.45. The molecule has 0 spiro atoms. The molecule has 0 aliphatic carbocycles. The lowest BCUT2D eigenvalue weighted by Gasteiger charge is -2.06. The van der Waals surface area contributed by atoms with Gasteiger partial charge in [-0.25, -0.2) is 0 Å². The van der Waals surface area contributed by atoms with Gasteiger partial charge in [0.1, 0.15) is 11.4 Å². The SMILES string of the molecule is Cc1onc(C=Cc2cccc(C(F)(F)F)c2)c1N. The number of hydrogen-bond donors (Lipinski definition) is 1. The molecule has 0 radical (unpaired) electrons.